The van der Waals surface area contributed by atoms with Crippen molar-refractivity contribution in [2.75, 3.05) is 5.75 Å². The van der Waals surface area contributed by atoms with Crippen molar-refractivity contribution >= 4 is 23.9 Å². The van der Waals surface area contributed by atoms with Gasteiger partial charge in [-0.25, -0.2) is 5.43 Å². The number of hydrogen-bond donors (Lipinski definition) is 1. The van der Waals surface area contributed by atoms with E-state index in [2.05, 4.69) is 20.7 Å². The zero-order chi connectivity index (χ0) is 16.8. The number of nitrogens with one attached hydrogen (secondary N) is 1. The average Bonchev–Trinajstić information content (AvgIpc) is 3.23. The van der Waals surface area contributed by atoms with Crippen molar-refractivity contribution in [3.05, 3.63) is 60.3 Å². The van der Waals surface area contributed by atoms with E-state index < -0.39 is 0 Å². The SMILES string of the molecule is Cc1nnc(SCC(=O)N/N=C/c2ccco2)n1-c1ccccc1. The van der Waals surface area contributed by atoms with Gasteiger partial charge in [0.15, 0.2) is 5.16 Å². The summed E-state index contributed by atoms with van der Waals surface area (Å²) in [6.07, 6.45) is 2.98. The third-order valence-electron chi connectivity index (χ3n) is 3.07. The molecule has 0 aliphatic carbocycles. The summed E-state index contributed by atoms with van der Waals surface area (Å²) in [5, 5.41) is 12.7. The molecule has 0 spiro atoms. The summed E-state index contributed by atoms with van der Waals surface area (Å²) < 4.78 is 6.99. The molecule has 24 heavy (non-hydrogen) atoms. The van der Waals surface area contributed by atoms with Crippen molar-refractivity contribution in [3.63, 3.8) is 0 Å². The largest absolute Gasteiger partial charge is 0.463 e. The Labute approximate surface area is 142 Å². The van der Waals surface area contributed by atoms with E-state index in [0.29, 0.717) is 10.9 Å². The fraction of sp³-hybridized carbons (Fsp3) is 0.125. The van der Waals surface area contributed by atoms with Gasteiger partial charge in [0.1, 0.15) is 11.6 Å². The van der Waals surface area contributed by atoms with Crippen LogP contribution in [0.4, 0.5) is 0 Å². The quantitative estimate of drug-likeness (QED) is 0.423. The third-order valence-corrected chi connectivity index (χ3v) is 4.00. The number of rotatable bonds is 6. The first-order valence-electron chi connectivity index (χ1n) is 7.19. The fourth-order valence-electron chi connectivity index (χ4n) is 2.01. The van der Waals surface area contributed by atoms with Crippen LogP contribution in [0.25, 0.3) is 5.69 Å². The van der Waals surface area contributed by atoms with Crippen molar-refractivity contribution in [1.29, 1.82) is 0 Å². The first-order chi connectivity index (χ1) is 11.7. The van der Waals surface area contributed by atoms with E-state index in [1.165, 1.54) is 24.2 Å². The monoisotopic (exact) mass is 341 g/mol. The summed E-state index contributed by atoms with van der Waals surface area (Å²) in [7, 11) is 0. The van der Waals surface area contributed by atoms with Crippen LogP contribution in [0, 0.1) is 6.92 Å². The maximum absolute atomic E-state index is 11.9. The molecule has 0 aliphatic heterocycles. The summed E-state index contributed by atoms with van der Waals surface area (Å²) in [6.45, 7) is 1.87. The molecule has 0 aliphatic rings. The summed E-state index contributed by atoms with van der Waals surface area (Å²) >= 11 is 1.30. The number of aryl methyl sites for hydroxylation is 1. The summed E-state index contributed by atoms with van der Waals surface area (Å²) in [6, 6.07) is 13.3. The number of hydrogen-bond acceptors (Lipinski definition) is 6. The Morgan fingerprint density at radius 3 is 2.88 bits per heavy atom. The van der Waals surface area contributed by atoms with Gasteiger partial charge in [0, 0.05) is 5.69 Å². The highest BCUT2D eigenvalue weighted by Gasteiger charge is 2.12. The lowest BCUT2D eigenvalue weighted by Crippen LogP contribution is -2.19. The molecule has 2 aromatic heterocycles. The Hall–Kier alpha value is -2.87. The predicted octanol–water partition coefficient (Wildman–Crippen LogP) is 2.41. The Morgan fingerprint density at radius 1 is 1.29 bits per heavy atom. The molecule has 3 aromatic rings. The molecule has 122 valence electrons. The minimum absolute atomic E-state index is 0.181. The Morgan fingerprint density at radius 2 is 2.12 bits per heavy atom. The van der Waals surface area contributed by atoms with Crippen molar-refractivity contribution < 1.29 is 9.21 Å². The van der Waals surface area contributed by atoms with Crippen LogP contribution < -0.4 is 5.43 Å². The van der Waals surface area contributed by atoms with E-state index in [9.17, 15) is 4.79 Å². The second-order valence-electron chi connectivity index (χ2n) is 4.80. The minimum Gasteiger partial charge on any atom is -0.463 e. The second-order valence-corrected chi connectivity index (χ2v) is 5.74. The highest BCUT2D eigenvalue weighted by molar-refractivity contribution is 7.99. The highest BCUT2D eigenvalue weighted by atomic mass is 32.2. The maximum Gasteiger partial charge on any atom is 0.250 e. The molecule has 7 nitrogen and oxygen atoms in total. The van der Waals surface area contributed by atoms with Gasteiger partial charge in [-0.1, -0.05) is 30.0 Å². The zero-order valence-corrected chi connectivity index (χ0v) is 13.7. The third kappa shape index (κ3) is 3.90. The first-order valence-corrected chi connectivity index (χ1v) is 8.18. The molecule has 0 bridgehead atoms. The smallest absolute Gasteiger partial charge is 0.250 e. The molecule has 0 saturated carbocycles. The van der Waals surface area contributed by atoms with Gasteiger partial charge in [-0.3, -0.25) is 9.36 Å². The van der Waals surface area contributed by atoms with Gasteiger partial charge in [0.25, 0.3) is 5.91 Å². The standard InChI is InChI=1S/C16H15N5O2S/c1-12-18-20-16(21(12)13-6-3-2-4-7-13)24-11-15(22)19-17-10-14-8-5-9-23-14/h2-10H,11H2,1H3,(H,19,22)/b17-10+. The number of furan rings is 1. The molecule has 0 radical (unpaired) electrons. The van der Waals surface area contributed by atoms with Crippen LogP contribution in [0.5, 0.6) is 0 Å². The number of aromatic nitrogens is 3. The van der Waals surface area contributed by atoms with Crippen LogP contribution in [0.3, 0.4) is 0 Å². The second kappa shape index (κ2) is 7.60. The molecule has 1 aromatic carbocycles. The van der Waals surface area contributed by atoms with Gasteiger partial charge in [0.05, 0.1) is 18.2 Å². The van der Waals surface area contributed by atoms with E-state index in [4.69, 9.17) is 4.42 Å². The number of carbonyl (C=O) groups is 1. The Kier molecular flexibility index (Phi) is 5.07. The van der Waals surface area contributed by atoms with Gasteiger partial charge >= 0.3 is 0 Å². The molecule has 1 amide bonds. The van der Waals surface area contributed by atoms with Gasteiger partial charge in [0.2, 0.25) is 0 Å². The van der Waals surface area contributed by atoms with Crippen LogP contribution in [0.1, 0.15) is 11.6 Å². The van der Waals surface area contributed by atoms with Crippen LogP contribution in [0.2, 0.25) is 0 Å². The normalized spacial score (nSPS) is 11.0. The van der Waals surface area contributed by atoms with Crippen LogP contribution in [0.15, 0.2) is 63.4 Å². The molecule has 1 N–H and O–H groups in total. The lowest BCUT2D eigenvalue weighted by atomic mass is 10.3. The number of benzene rings is 1. The van der Waals surface area contributed by atoms with E-state index in [0.717, 1.165) is 11.5 Å². The van der Waals surface area contributed by atoms with Crippen molar-refractivity contribution in [3.8, 4) is 5.69 Å². The van der Waals surface area contributed by atoms with Crippen molar-refractivity contribution in [2.24, 2.45) is 5.10 Å². The highest BCUT2D eigenvalue weighted by Crippen LogP contribution is 2.21. The first kappa shape index (κ1) is 16.0. The molecule has 0 atom stereocenters. The van der Waals surface area contributed by atoms with Gasteiger partial charge in [-0.2, -0.15) is 5.10 Å². The lowest BCUT2D eigenvalue weighted by molar-refractivity contribution is -0.118. The minimum atomic E-state index is -0.233. The number of amides is 1. The van der Waals surface area contributed by atoms with E-state index >= 15 is 0 Å². The topological polar surface area (TPSA) is 85.3 Å². The Balaban J connectivity index is 1.60. The van der Waals surface area contributed by atoms with Crippen molar-refractivity contribution in [1.82, 2.24) is 20.2 Å². The van der Waals surface area contributed by atoms with E-state index in [1.807, 2.05) is 41.8 Å². The average molecular weight is 341 g/mol. The van der Waals surface area contributed by atoms with E-state index in [1.54, 1.807) is 12.1 Å². The van der Waals surface area contributed by atoms with Crippen LogP contribution in [-0.4, -0.2) is 32.6 Å². The van der Waals surface area contributed by atoms with Gasteiger partial charge in [-0.15, -0.1) is 10.2 Å². The molecule has 3 rings (SSSR count). The number of carbonyl (C=O) groups excluding carboxylic acids is 1. The zero-order valence-electron chi connectivity index (χ0n) is 12.9. The summed E-state index contributed by atoms with van der Waals surface area (Å²) in [5.74, 6) is 1.28. The predicted molar refractivity (Wildman–Crippen MR) is 91.3 cm³/mol. The molecule has 0 fully saturated rings. The summed E-state index contributed by atoms with van der Waals surface area (Å²) in [4.78, 5) is 11.9. The molecular formula is C16H15N5O2S. The van der Waals surface area contributed by atoms with Crippen LogP contribution >= 0.6 is 11.8 Å². The molecular weight excluding hydrogens is 326 g/mol. The molecule has 2 heterocycles. The number of para-hydroxylation sites is 1. The maximum atomic E-state index is 11.9. The van der Waals surface area contributed by atoms with Crippen LogP contribution in [-0.2, 0) is 4.79 Å². The number of thioether (sulfide) groups is 1. The number of nitrogens with zero attached hydrogens (tertiary/aromatic N) is 4. The van der Waals surface area contributed by atoms with Gasteiger partial charge in [-0.05, 0) is 31.2 Å². The molecule has 8 heteroatoms. The lowest BCUT2D eigenvalue weighted by Gasteiger charge is -2.07. The van der Waals surface area contributed by atoms with Gasteiger partial charge < -0.3 is 4.42 Å². The summed E-state index contributed by atoms with van der Waals surface area (Å²) in [5.41, 5.74) is 3.41. The van der Waals surface area contributed by atoms with E-state index in [-0.39, 0.29) is 11.7 Å². The number of hydrazone groups is 1. The molecule has 0 saturated heterocycles. The Bertz CT molecular complexity index is 828. The van der Waals surface area contributed by atoms with Crippen molar-refractivity contribution in [2.45, 2.75) is 12.1 Å². The fourth-order valence-corrected chi connectivity index (χ4v) is 2.80. The molecule has 0 unspecified atom stereocenters.